The highest BCUT2D eigenvalue weighted by molar-refractivity contribution is 8.06. The van der Waals surface area contributed by atoms with Gasteiger partial charge in [-0.25, -0.2) is 4.98 Å². The summed E-state index contributed by atoms with van der Waals surface area (Å²) in [5, 5.41) is 8.38. The number of nitrogens with one attached hydrogen (secondary N) is 2. The second kappa shape index (κ2) is 6.41. The fraction of sp³-hybridized carbons (Fsp3) is 0.538. The number of rotatable bonds is 4. The lowest BCUT2D eigenvalue weighted by Gasteiger charge is -2.21. The molecule has 2 N–H and O–H groups in total. The third-order valence-electron chi connectivity index (χ3n) is 3.12. The van der Waals surface area contributed by atoms with E-state index in [-0.39, 0.29) is 0 Å². The first kappa shape index (κ1) is 14.3. The van der Waals surface area contributed by atoms with E-state index in [1.165, 1.54) is 22.1 Å². The minimum absolute atomic E-state index is 0.677. The van der Waals surface area contributed by atoms with E-state index in [1.54, 1.807) is 11.3 Å². The highest BCUT2D eigenvalue weighted by Gasteiger charge is 2.16. The number of aromatic nitrogens is 2. The monoisotopic (exact) mass is 326 g/mol. The maximum absolute atomic E-state index is 4.57. The number of hydrogen-bond donors (Lipinski definition) is 2. The molecule has 1 fully saturated rings. The molecule has 2 aromatic rings. The van der Waals surface area contributed by atoms with E-state index in [9.17, 15) is 0 Å². The molecule has 1 aliphatic heterocycles. The summed E-state index contributed by atoms with van der Waals surface area (Å²) in [5.41, 5.74) is 0. The fourth-order valence-corrected chi connectivity index (χ4v) is 5.64. The van der Waals surface area contributed by atoms with Gasteiger partial charge in [-0.15, -0.1) is 11.3 Å². The van der Waals surface area contributed by atoms with Crippen molar-refractivity contribution in [2.24, 2.45) is 0 Å². The Morgan fingerprint density at radius 2 is 2.25 bits per heavy atom. The molecular formula is C13H18N4S3. The van der Waals surface area contributed by atoms with Crippen LogP contribution < -0.4 is 10.6 Å². The zero-order valence-electron chi connectivity index (χ0n) is 11.6. The maximum atomic E-state index is 4.57. The van der Waals surface area contributed by atoms with Gasteiger partial charge in [-0.05, 0) is 13.0 Å². The number of thioether (sulfide) groups is 2. The van der Waals surface area contributed by atoms with Crippen LogP contribution in [-0.2, 0) is 0 Å². The van der Waals surface area contributed by atoms with Crippen LogP contribution in [0, 0.1) is 6.92 Å². The largest absolute Gasteiger partial charge is 0.368 e. The SMILES string of the molecule is CNc1nc(NCC2CSCCS2)c2cc(C)sc2n1. The average molecular weight is 327 g/mol. The van der Waals surface area contributed by atoms with Crippen LogP contribution in [0.3, 0.4) is 0 Å². The molecule has 0 aliphatic carbocycles. The summed E-state index contributed by atoms with van der Waals surface area (Å²) in [7, 11) is 1.86. The normalized spacial score (nSPS) is 19.2. The number of fused-ring (bicyclic) bond motifs is 1. The van der Waals surface area contributed by atoms with Gasteiger partial charge in [0.2, 0.25) is 5.95 Å². The Balaban J connectivity index is 1.81. The van der Waals surface area contributed by atoms with E-state index in [0.717, 1.165) is 22.6 Å². The molecule has 1 aliphatic rings. The molecule has 0 spiro atoms. The van der Waals surface area contributed by atoms with E-state index in [1.807, 2.05) is 18.8 Å². The first-order valence-electron chi connectivity index (χ1n) is 6.65. The number of anilines is 2. The minimum Gasteiger partial charge on any atom is -0.368 e. The molecule has 2 aromatic heterocycles. The predicted molar refractivity (Wildman–Crippen MR) is 93.8 cm³/mol. The molecule has 3 rings (SSSR count). The minimum atomic E-state index is 0.677. The fourth-order valence-electron chi connectivity index (χ4n) is 2.15. The van der Waals surface area contributed by atoms with Crippen molar-refractivity contribution in [3.63, 3.8) is 0 Å². The van der Waals surface area contributed by atoms with Gasteiger partial charge >= 0.3 is 0 Å². The van der Waals surface area contributed by atoms with E-state index in [0.29, 0.717) is 11.2 Å². The molecule has 7 heteroatoms. The Morgan fingerprint density at radius 3 is 3.00 bits per heavy atom. The molecule has 0 bridgehead atoms. The summed E-state index contributed by atoms with van der Waals surface area (Å²) in [4.78, 5) is 11.4. The molecule has 4 nitrogen and oxygen atoms in total. The highest BCUT2D eigenvalue weighted by atomic mass is 32.2. The molecule has 20 heavy (non-hydrogen) atoms. The van der Waals surface area contributed by atoms with E-state index < -0.39 is 0 Å². The van der Waals surface area contributed by atoms with Crippen molar-refractivity contribution >= 4 is 56.8 Å². The lowest BCUT2D eigenvalue weighted by molar-refractivity contribution is 0.994. The van der Waals surface area contributed by atoms with E-state index in [4.69, 9.17) is 0 Å². The molecular weight excluding hydrogens is 308 g/mol. The molecule has 0 aromatic carbocycles. The van der Waals surface area contributed by atoms with Crippen molar-refractivity contribution in [1.29, 1.82) is 0 Å². The zero-order valence-corrected chi connectivity index (χ0v) is 14.1. The van der Waals surface area contributed by atoms with E-state index >= 15 is 0 Å². The summed E-state index contributed by atoms with van der Waals surface area (Å²) in [6.45, 7) is 3.09. The highest BCUT2D eigenvalue weighted by Crippen LogP contribution is 2.30. The second-order valence-electron chi connectivity index (χ2n) is 4.67. The van der Waals surface area contributed by atoms with Crippen molar-refractivity contribution in [3.8, 4) is 0 Å². The zero-order chi connectivity index (χ0) is 13.9. The van der Waals surface area contributed by atoms with Gasteiger partial charge in [0.25, 0.3) is 0 Å². The van der Waals surface area contributed by atoms with E-state index in [2.05, 4.69) is 45.4 Å². The second-order valence-corrected chi connectivity index (χ2v) is 8.46. The third-order valence-corrected chi connectivity index (χ3v) is 6.91. The van der Waals surface area contributed by atoms with Crippen LogP contribution in [-0.4, -0.2) is 46.1 Å². The molecule has 0 radical (unpaired) electrons. The van der Waals surface area contributed by atoms with Gasteiger partial charge in [0.05, 0.1) is 5.39 Å². The third kappa shape index (κ3) is 3.15. The van der Waals surface area contributed by atoms with Gasteiger partial charge in [0, 0.05) is 41.0 Å². The van der Waals surface area contributed by atoms with Gasteiger partial charge in [-0.3, -0.25) is 0 Å². The Hall–Kier alpha value is -0.660. The number of hydrogen-bond acceptors (Lipinski definition) is 7. The summed E-state index contributed by atoms with van der Waals surface area (Å²) < 4.78 is 0. The lowest BCUT2D eigenvalue weighted by Crippen LogP contribution is -2.23. The Labute approximate surface area is 131 Å². The van der Waals surface area contributed by atoms with Crippen LogP contribution in [0.5, 0.6) is 0 Å². The van der Waals surface area contributed by atoms with Crippen LogP contribution in [0.4, 0.5) is 11.8 Å². The number of thiophene rings is 1. The van der Waals surface area contributed by atoms with Gasteiger partial charge in [0.1, 0.15) is 10.6 Å². The first-order chi connectivity index (χ1) is 9.76. The standard InChI is InChI=1S/C13H18N4S3/c1-8-5-10-11(15-6-9-7-18-3-4-19-9)16-13(14-2)17-12(10)20-8/h5,9H,3-4,6-7H2,1-2H3,(H2,14,15,16,17). The molecule has 3 heterocycles. The molecule has 0 saturated carbocycles. The Kier molecular flexibility index (Phi) is 4.58. The molecule has 1 atom stereocenters. The molecule has 108 valence electrons. The Morgan fingerprint density at radius 1 is 1.35 bits per heavy atom. The Bertz CT molecular complexity index is 593. The van der Waals surface area contributed by atoms with Crippen LogP contribution in [0.2, 0.25) is 0 Å². The molecule has 1 unspecified atom stereocenters. The van der Waals surface area contributed by atoms with Crippen LogP contribution in [0.1, 0.15) is 4.88 Å². The van der Waals surface area contributed by atoms with Gasteiger partial charge < -0.3 is 10.6 Å². The quantitative estimate of drug-likeness (QED) is 0.899. The number of nitrogens with zero attached hydrogens (tertiary/aromatic N) is 2. The first-order valence-corrected chi connectivity index (χ1v) is 9.67. The maximum Gasteiger partial charge on any atom is 0.225 e. The molecule has 0 amide bonds. The van der Waals surface area contributed by atoms with Crippen molar-refractivity contribution in [2.75, 3.05) is 41.5 Å². The summed E-state index contributed by atoms with van der Waals surface area (Å²) in [5.74, 6) is 5.42. The smallest absolute Gasteiger partial charge is 0.225 e. The van der Waals surface area contributed by atoms with Crippen molar-refractivity contribution in [1.82, 2.24) is 9.97 Å². The predicted octanol–water partition coefficient (Wildman–Crippen LogP) is 3.30. The number of aryl methyl sites for hydroxylation is 1. The summed E-state index contributed by atoms with van der Waals surface area (Å²) in [6, 6.07) is 2.17. The van der Waals surface area contributed by atoms with Crippen LogP contribution >= 0.6 is 34.9 Å². The summed E-state index contributed by atoms with van der Waals surface area (Å²) in [6.07, 6.45) is 0. The topological polar surface area (TPSA) is 49.8 Å². The van der Waals surface area contributed by atoms with Crippen LogP contribution in [0.15, 0.2) is 6.07 Å². The lowest BCUT2D eigenvalue weighted by atomic mass is 10.3. The average Bonchev–Trinajstić information content (AvgIpc) is 2.86. The van der Waals surface area contributed by atoms with Crippen molar-refractivity contribution < 1.29 is 0 Å². The molecule has 1 saturated heterocycles. The van der Waals surface area contributed by atoms with Crippen molar-refractivity contribution in [3.05, 3.63) is 10.9 Å². The van der Waals surface area contributed by atoms with Crippen LogP contribution in [0.25, 0.3) is 10.2 Å². The van der Waals surface area contributed by atoms with Gasteiger partial charge in [0.15, 0.2) is 0 Å². The van der Waals surface area contributed by atoms with Gasteiger partial charge in [-0.1, -0.05) is 0 Å². The van der Waals surface area contributed by atoms with Gasteiger partial charge in [-0.2, -0.15) is 28.5 Å². The van der Waals surface area contributed by atoms with Crippen molar-refractivity contribution in [2.45, 2.75) is 12.2 Å². The summed E-state index contributed by atoms with van der Waals surface area (Å²) >= 11 is 5.83.